The Hall–Kier alpha value is -1.10. The van der Waals surface area contributed by atoms with Crippen LogP contribution in [0.3, 0.4) is 0 Å². The van der Waals surface area contributed by atoms with Crippen LogP contribution in [0, 0.1) is 5.92 Å². The van der Waals surface area contributed by atoms with Crippen molar-refractivity contribution in [2.75, 3.05) is 6.61 Å². The molecule has 0 aromatic carbocycles. The fourth-order valence-electron chi connectivity index (χ4n) is 2.50. The van der Waals surface area contributed by atoms with Crippen LogP contribution in [0.2, 0.25) is 0 Å². The van der Waals surface area contributed by atoms with Crippen LogP contribution in [0.4, 0.5) is 0 Å². The van der Waals surface area contributed by atoms with Gasteiger partial charge in [-0.3, -0.25) is 4.79 Å². The number of nitrogens with one attached hydrogen (secondary N) is 1. The third-order valence-electron chi connectivity index (χ3n) is 3.83. The number of hydrogen-bond acceptors (Lipinski definition) is 3. The fourth-order valence-corrected chi connectivity index (χ4v) is 2.50. The van der Waals surface area contributed by atoms with E-state index in [0.717, 1.165) is 6.42 Å². The molecule has 2 N–H and O–H groups in total. The zero-order valence-electron chi connectivity index (χ0n) is 10.1. The number of amides is 1. The first-order valence-corrected chi connectivity index (χ1v) is 6.20. The summed E-state index contributed by atoms with van der Waals surface area (Å²) in [7, 11) is 0. The van der Waals surface area contributed by atoms with Gasteiger partial charge in [0.2, 0.25) is 5.91 Å². The lowest BCUT2D eigenvalue weighted by Crippen LogP contribution is -2.60. The van der Waals surface area contributed by atoms with E-state index in [1.807, 2.05) is 6.92 Å². The lowest BCUT2D eigenvalue weighted by molar-refractivity contribution is -0.153. The molecular weight excluding hydrogens is 222 g/mol. The van der Waals surface area contributed by atoms with E-state index in [-0.39, 0.29) is 17.9 Å². The SMILES string of the molecule is CC1CC(C(=O)NC2(C(=O)O)CCC2)CCO1. The summed E-state index contributed by atoms with van der Waals surface area (Å²) in [6.45, 7) is 2.52. The van der Waals surface area contributed by atoms with E-state index in [0.29, 0.717) is 32.3 Å². The topological polar surface area (TPSA) is 75.6 Å². The van der Waals surface area contributed by atoms with Crippen LogP contribution in [0.15, 0.2) is 0 Å². The lowest BCUT2D eigenvalue weighted by atomic mass is 9.76. The van der Waals surface area contributed by atoms with Crippen LogP contribution in [0.5, 0.6) is 0 Å². The summed E-state index contributed by atoms with van der Waals surface area (Å²) in [6.07, 6.45) is 3.42. The van der Waals surface area contributed by atoms with Gasteiger partial charge in [0.25, 0.3) is 0 Å². The summed E-state index contributed by atoms with van der Waals surface area (Å²) < 4.78 is 5.38. The van der Waals surface area contributed by atoms with Gasteiger partial charge in [0.15, 0.2) is 0 Å². The molecule has 0 aromatic heterocycles. The summed E-state index contributed by atoms with van der Waals surface area (Å²) in [6, 6.07) is 0. The molecule has 5 nitrogen and oxygen atoms in total. The third kappa shape index (κ3) is 2.44. The smallest absolute Gasteiger partial charge is 0.329 e. The number of carbonyl (C=O) groups is 2. The maximum absolute atomic E-state index is 12.0. The standard InChI is InChI=1S/C12H19NO4/c1-8-7-9(3-6-17-8)10(14)13-12(11(15)16)4-2-5-12/h8-9H,2-7H2,1H3,(H,13,14)(H,15,16). The Morgan fingerprint density at radius 2 is 2.12 bits per heavy atom. The highest BCUT2D eigenvalue weighted by Crippen LogP contribution is 2.33. The average Bonchev–Trinajstić information content (AvgIpc) is 2.22. The molecule has 1 aliphatic carbocycles. The Bertz CT molecular complexity index is 324. The van der Waals surface area contributed by atoms with Crippen LogP contribution in [-0.4, -0.2) is 35.2 Å². The van der Waals surface area contributed by atoms with E-state index < -0.39 is 11.5 Å². The second-order valence-electron chi connectivity index (χ2n) is 5.13. The molecule has 0 aromatic rings. The van der Waals surface area contributed by atoms with Crippen LogP contribution < -0.4 is 5.32 Å². The third-order valence-corrected chi connectivity index (χ3v) is 3.83. The Balaban J connectivity index is 1.94. The molecule has 96 valence electrons. The number of carboxylic acid groups (broad SMARTS) is 1. The van der Waals surface area contributed by atoms with Crippen LogP contribution >= 0.6 is 0 Å². The predicted molar refractivity (Wildman–Crippen MR) is 60.5 cm³/mol. The van der Waals surface area contributed by atoms with Gasteiger partial charge in [0.1, 0.15) is 5.54 Å². The Morgan fingerprint density at radius 3 is 2.59 bits per heavy atom. The first-order chi connectivity index (χ1) is 8.03. The van der Waals surface area contributed by atoms with E-state index in [4.69, 9.17) is 9.84 Å². The van der Waals surface area contributed by atoms with E-state index >= 15 is 0 Å². The molecule has 1 saturated carbocycles. The predicted octanol–water partition coefficient (Wildman–Crippen LogP) is 0.925. The molecule has 1 heterocycles. The lowest BCUT2D eigenvalue weighted by Gasteiger charge is -2.39. The van der Waals surface area contributed by atoms with Gasteiger partial charge in [-0.05, 0) is 39.0 Å². The zero-order valence-corrected chi connectivity index (χ0v) is 10.1. The molecule has 0 spiro atoms. The molecule has 1 saturated heterocycles. The van der Waals surface area contributed by atoms with E-state index in [1.165, 1.54) is 0 Å². The largest absolute Gasteiger partial charge is 0.480 e. The highest BCUT2D eigenvalue weighted by atomic mass is 16.5. The molecule has 0 bridgehead atoms. The Kier molecular flexibility index (Phi) is 3.38. The number of hydrogen-bond donors (Lipinski definition) is 2. The van der Waals surface area contributed by atoms with Crippen molar-refractivity contribution in [3.63, 3.8) is 0 Å². The van der Waals surface area contributed by atoms with Crippen LogP contribution in [0.1, 0.15) is 39.0 Å². The van der Waals surface area contributed by atoms with Crippen molar-refractivity contribution in [2.45, 2.75) is 50.7 Å². The number of aliphatic carboxylic acids is 1. The molecule has 1 aliphatic heterocycles. The van der Waals surface area contributed by atoms with Crippen molar-refractivity contribution >= 4 is 11.9 Å². The number of rotatable bonds is 3. The highest BCUT2D eigenvalue weighted by Gasteiger charge is 2.46. The summed E-state index contributed by atoms with van der Waals surface area (Å²) in [4.78, 5) is 23.2. The Labute approximate surface area is 101 Å². The Morgan fingerprint density at radius 1 is 1.41 bits per heavy atom. The minimum Gasteiger partial charge on any atom is -0.480 e. The van der Waals surface area contributed by atoms with Crippen molar-refractivity contribution in [1.29, 1.82) is 0 Å². The molecule has 2 unspecified atom stereocenters. The molecule has 0 radical (unpaired) electrons. The van der Waals surface area contributed by atoms with Crippen molar-refractivity contribution in [1.82, 2.24) is 5.32 Å². The molecule has 2 atom stereocenters. The fraction of sp³-hybridized carbons (Fsp3) is 0.833. The van der Waals surface area contributed by atoms with Gasteiger partial charge in [-0.2, -0.15) is 0 Å². The van der Waals surface area contributed by atoms with Crippen molar-refractivity contribution < 1.29 is 19.4 Å². The van der Waals surface area contributed by atoms with Crippen molar-refractivity contribution in [2.24, 2.45) is 5.92 Å². The van der Waals surface area contributed by atoms with Gasteiger partial charge in [-0.15, -0.1) is 0 Å². The van der Waals surface area contributed by atoms with E-state index in [2.05, 4.69) is 5.32 Å². The average molecular weight is 241 g/mol. The number of carboxylic acids is 1. The summed E-state index contributed by atoms with van der Waals surface area (Å²) in [5.74, 6) is -1.13. The minimum atomic E-state index is -0.987. The van der Waals surface area contributed by atoms with Gasteiger partial charge in [-0.1, -0.05) is 0 Å². The first-order valence-electron chi connectivity index (χ1n) is 6.20. The molecule has 1 amide bonds. The number of carbonyl (C=O) groups excluding carboxylic acids is 1. The maximum atomic E-state index is 12.0. The summed E-state index contributed by atoms with van der Waals surface area (Å²) in [5, 5.41) is 11.9. The normalized spacial score (nSPS) is 31.4. The maximum Gasteiger partial charge on any atom is 0.329 e. The second-order valence-corrected chi connectivity index (χ2v) is 5.13. The van der Waals surface area contributed by atoms with Gasteiger partial charge in [0, 0.05) is 12.5 Å². The number of ether oxygens (including phenoxy) is 1. The van der Waals surface area contributed by atoms with E-state index in [9.17, 15) is 9.59 Å². The molecule has 2 fully saturated rings. The molecule has 5 heteroatoms. The summed E-state index contributed by atoms with van der Waals surface area (Å²) in [5.41, 5.74) is -0.987. The van der Waals surface area contributed by atoms with Gasteiger partial charge in [0.05, 0.1) is 6.10 Å². The zero-order chi connectivity index (χ0) is 12.5. The minimum absolute atomic E-state index is 0.0849. The quantitative estimate of drug-likeness (QED) is 0.770. The van der Waals surface area contributed by atoms with Gasteiger partial charge in [-0.25, -0.2) is 4.79 Å². The molecule has 2 rings (SSSR count). The van der Waals surface area contributed by atoms with Crippen molar-refractivity contribution in [3.05, 3.63) is 0 Å². The first kappa shape index (κ1) is 12.4. The highest BCUT2D eigenvalue weighted by molar-refractivity contribution is 5.88. The van der Waals surface area contributed by atoms with Gasteiger partial charge >= 0.3 is 5.97 Å². The van der Waals surface area contributed by atoms with Crippen LogP contribution in [0.25, 0.3) is 0 Å². The van der Waals surface area contributed by atoms with E-state index in [1.54, 1.807) is 0 Å². The second kappa shape index (κ2) is 4.64. The summed E-state index contributed by atoms with van der Waals surface area (Å²) >= 11 is 0. The van der Waals surface area contributed by atoms with Crippen LogP contribution in [-0.2, 0) is 14.3 Å². The van der Waals surface area contributed by atoms with Gasteiger partial charge < -0.3 is 15.2 Å². The molecular formula is C12H19NO4. The molecule has 2 aliphatic rings. The van der Waals surface area contributed by atoms with Crippen molar-refractivity contribution in [3.8, 4) is 0 Å². The molecule has 17 heavy (non-hydrogen) atoms. The monoisotopic (exact) mass is 241 g/mol.